The molecule has 0 aliphatic rings. The van der Waals surface area contributed by atoms with Gasteiger partial charge < -0.3 is 9.40 Å². The first-order valence-corrected chi connectivity index (χ1v) is 9.12. The predicted molar refractivity (Wildman–Crippen MR) is 94.5 cm³/mol. The molecule has 0 aliphatic heterocycles. The molecule has 0 saturated carbocycles. The van der Waals surface area contributed by atoms with E-state index in [1.165, 1.54) is 23.1 Å². The number of thiophene rings is 1. The van der Waals surface area contributed by atoms with Crippen molar-refractivity contribution in [3.63, 3.8) is 0 Å². The molecule has 3 heterocycles. The van der Waals surface area contributed by atoms with Crippen LogP contribution in [0.15, 0.2) is 50.1 Å². The number of thioether (sulfide) groups is 1. The summed E-state index contributed by atoms with van der Waals surface area (Å²) in [5, 5.41) is 10.9. The Balaban J connectivity index is 1.52. The Kier molecular flexibility index (Phi) is 4.09. The predicted octanol–water partition coefficient (Wildman–Crippen LogP) is 3.98. The molecule has 0 aliphatic carbocycles. The Morgan fingerprint density at radius 3 is 3.08 bits per heavy atom. The fourth-order valence-electron chi connectivity index (χ4n) is 2.13. The highest BCUT2D eigenvalue weighted by atomic mass is 35.5. The summed E-state index contributed by atoms with van der Waals surface area (Å²) in [6, 6.07) is 9.02. The summed E-state index contributed by atoms with van der Waals surface area (Å²) in [5.74, 6) is 1.39. The molecule has 0 spiro atoms. The van der Waals surface area contributed by atoms with Crippen molar-refractivity contribution >= 4 is 44.9 Å². The second-order valence-corrected chi connectivity index (χ2v) is 7.10. The van der Waals surface area contributed by atoms with Crippen LogP contribution in [0.25, 0.3) is 21.7 Å². The monoisotopic (exact) mass is 376 g/mol. The minimum atomic E-state index is -0.129. The Morgan fingerprint density at radius 1 is 1.29 bits per heavy atom. The van der Waals surface area contributed by atoms with Crippen molar-refractivity contribution in [1.82, 2.24) is 20.2 Å². The van der Waals surface area contributed by atoms with Gasteiger partial charge in [0.15, 0.2) is 0 Å². The summed E-state index contributed by atoms with van der Waals surface area (Å²) in [7, 11) is 0. The van der Waals surface area contributed by atoms with E-state index in [1.54, 1.807) is 12.1 Å². The van der Waals surface area contributed by atoms with Crippen LogP contribution < -0.4 is 5.56 Å². The highest BCUT2D eigenvalue weighted by Gasteiger charge is 2.11. The molecule has 4 aromatic rings. The van der Waals surface area contributed by atoms with Gasteiger partial charge in [-0.25, -0.2) is 4.98 Å². The lowest BCUT2D eigenvalue weighted by Crippen LogP contribution is -2.09. The highest BCUT2D eigenvalue weighted by molar-refractivity contribution is 7.98. The molecule has 0 saturated heterocycles. The molecule has 0 bridgehead atoms. The van der Waals surface area contributed by atoms with Crippen molar-refractivity contribution in [2.75, 3.05) is 0 Å². The highest BCUT2D eigenvalue weighted by Crippen LogP contribution is 2.26. The van der Waals surface area contributed by atoms with Gasteiger partial charge in [-0.15, -0.1) is 21.5 Å². The third-order valence-electron chi connectivity index (χ3n) is 3.17. The summed E-state index contributed by atoms with van der Waals surface area (Å²) in [6.07, 6.45) is 0. The minimum absolute atomic E-state index is 0.129. The molecule has 0 atom stereocenters. The van der Waals surface area contributed by atoms with Gasteiger partial charge in [-0.2, -0.15) is 0 Å². The molecular formula is C15H9ClN4O2S2. The van der Waals surface area contributed by atoms with E-state index in [4.69, 9.17) is 16.0 Å². The van der Waals surface area contributed by atoms with Gasteiger partial charge in [0.1, 0.15) is 10.5 Å². The minimum Gasteiger partial charge on any atom is -0.411 e. The van der Waals surface area contributed by atoms with Crippen LogP contribution in [0.2, 0.25) is 5.02 Å². The molecule has 3 aromatic heterocycles. The number of halogens is 1. The molecule has 9 heteroatoms. The number of fused-ring (bicyclic) bond motifs is 1. The number of hydrogen-bond acceptors (Lipinski definition) is 7. The molecule has 1 aromatic carbocycles. The molecule has 0 amide bonds. The lowest BCUT2D eigenvalue weighted by atomic mass is 10.2. The number of H-pyrrole nitrogens is 1. The van der Waals surface area contributed by atoms with Crippen LogP contribution in [-0.2, 0) is 5.75 Å². The summed E-state index contributed by atoms with van der Waals surface area (Å²) in [6.45, 7) is 0. The number of aromatic nitrogens is 4. The normalized spacial score (nSPS) is 11.2. The topological polar surface area (TPSA) is 84.7 Å². The largest absolute Gasteiger partial charge is 0.411 e. The van der Waals surface area contributed by atoms with Gasteiger partial charge >= 0.3 is 0 Å². The lowest BCUT2D eigenvalue weighted by Gasteiger charge is -1.98. The first kappa shape index (κ1) is 15.4. The standard InChI is InChI=1S/C15H9ClN4O2S2/c16-9-3-1-2-8(6-9)14-19-20-15(22-14)24-7-11-17-10-4-5-23-12(10)13(21)18-11/h1-6H,7H2,(H,17,18,21). The Labute approximate surface area is 148 Å². The van der Waals surface area contributed by atoms with Crippen LogP contribution in [0.3, 0.4) is 0 Å². The van der Waals surface area contributed by atoms with Gasteiger partial charge in [-0.05, 0) is 29.6 Å². The number of rotatable bonds is 4. The van der Waals surface area contributed by atoms with Gasteiger partial charge in [-0.3, -0.25) is 4.79 Å². The average molecular weight is 377 g/mol. The summed E-state index contributed by atoms with van der Waals surface area (Å²) in [4.78, 5) is 19.1. The molecule has 4 rings (SSSR count). The quantitative estimate of drug-likeness (QED) is 0.542. The summed E-state index contributed by atoms with van der Waals surface area (Å²) < 4.78 is 6.24. The third kappa shape index (κ3) is 3.08. The van der Waals surface area contributed by atoms with Gasteiger partial charge in [0.2, 0.25) is 5.89 Å². The molecule has 0 radical (unpaired) electrons. The first-order valence-electron chi connectivity index (χ1n) is 6.88. The Hall–Kier alpha value is -2.16. The zero-order chi connectivity index (χ0) is 16.5. The fraction of sp³-hybridized carbons (Fsp3) is 0.0667. The Bertz CT molecular complexity index is 1070. The fourth-order valence-corrected chi connectivity index (χ4v) is 3.68. The SMILES string of the molecule is O=c1[nH]c(CSc2nnc(-c3cccc(Cl)c3)o2)nc2ccsc12. The van der Waals surface area contributed by atoms with Crippen LogP contribution in [0.5, 0.6) is 0 Å². The molecule has 1 N–H and O–H groups in total. The zero-order valence-corrected chi connectivity index (χ0v) is 14.4. The smallest absolute Gasteiger partial charge is 0.277 e. The van der Waals surface area contributed by atoms with E-state index in [-0.39, 0.29) is 5.56 Å². The zero-order valence-electron chi connectivity index (χ0n) is 12.0. The van der Waals surface area contributed by atoms with Gasteiger partial charge in [0.25, 0.3) is 10.8 Å². The van der Waals surface area contributed by atoms with E-state index in [2.05, 4.69) is 20.2 Å². The van der Waals surface area contributed by atoms with E-state index in [1.807, 2.05) is 23.6 Å². The van der Waals surface area contributed by atoms with Crippen LogP contribution in [0, 0.1) is 0 Å². The van der Waals surface area contributed by atoms with Crippen LogP contribution in [0.4, 0.5) is 0 Å². The number of benzene rings is 1. The average Bonchev–Trinajstić information content (AvgIpc) is 3.22. The molecule has 0 fully saturated rings. The van der Waals surface area contributed by atoms with Crippen molar-refractivity contribution in [3.05, 3.63) is 56.9 Å². The number of nitrogens with one attached hydrogen (secondary N) is 1. The van der Waals surface area contributed by atoms with Crippen LogP contribution >= 0.6 is 34.7 Å². The third-order valence-corrected chi connectivity index (χ3v) is 5.14. The molecular weight excluding hydrogens is 368 g/mol. The van der Waals surface area contributed by atoms with E-state index in [0.717, 1.165) is 5.56 Å². The number of hydrogen-bond donors (Lipinski definition) is 1. The van der Waals surface area contributed by atoms with Crippen LogP contribution in [0.1, 0.15) is 5.82 Å². The number of aromatic amines is 1. The van der Waals surface area contributed by atoms with Gasteiger partial charge in [-0.1, -0.05) is 29.4 Å². The maximum Gasteiger partial charge on any atom is 0.277 e. The van der Waals surface area contributed by atoms with Crippen molar-refractivity contribution in [2.24, 2.45) is 0 Å². The molecule has 24 heavy (non-hydrogen) atoms. The maximum atomic E-state index is 11.9. The number of nitrogens with zero attached hydrogens (tertiary/aromatic N) is 3. The van der Waals surface area contributed by atoms with Crippen molar-refractivity contribution in [3.8, 4) is 11.5 Å². The lowest BCUT2D eigenvalue weighted by molar-refractivity contribution is 0.465. The second-order valence-electron chi connectivity index (χ2n) is 4.82. The van der Waals surface area contributed by atoms with E-state index < -0.39 is 0 Å². The van der Waals surface area contributed by atoms with Crippen LogP contribution in [-0.4, -0.2) is 20.2 Å². The van der Waals surface area contributed by atoms with Crippen molar-refractivity contribution in [2.45, 2.75) is 11.0 Å². The van der Waals surface area contributed by atoms with E-state index in [9.17, 15) is 4.79 Å². The van der Waals surface area contributed by atoms with Gasteiger partial charge in [0, 0.05) is 10.6 Å². The second kappa shape index (κ2) is 6.39. The molecule has 120 valence electrons. The summed E-state index contributed by atoms with van der Waals surface area (Å²) in [5.41, 5.74) is 1.33. The van der Waals surface area contributed by atoms with E-state index >= 15 is 0 Å². The van der Waals surface area contributed by atoms with E-state index in [0.29, 0.717) is 37.9 Å². The van der Waals surface area contributed by atoms with Crippen molar-refractivity contribution < 1.29 is 4.42 Å². The molecule has 0 unspecified atom stereocenters. The maximum absolute atomic E-state index is 11.9. The molecule has 6 nitrogen and oxygen atoms in total. The van der Waals surface area contributed by atoms with Crippen molar-refractivity contribution in [1.29, 1.82) is 0 Å². The summed E-state index contributed by atoms with van der Waals surface area (Å²) >= 11 is 8.64. The van der Waals surface area contributed by atoms with Gasteiger partial charge in [0.05, 0.1) is 11.3 Å². The first-order chi connectivity index (χ1) is 11.7. The Morgan fingerprint density at radius 2 is 2.21 bits per heavy atom.